The van der Waals surface area contributed by atoms with E-state index in [1.54, 1.807) is 0 Å². The molecule has 1 N–H and O–H groups in total. The molecular weight excluding hydrogens is 310 g/mol. The van der Waals surface area contributed by atoms with Crippen molar-refractivity contribution in [2.75, 3.05) is 6.61 Å². The Morgan fingerprint density at radius 2 is 2.00 bits per heavy atom. The predicted molar refractivity (Wildman–Crippen MR) is 90.8 cm³/mol. The van der Waals surface area contributed by atoms with Gasteiger partial charge in [-0.3, -0.25) is 4.79 Å². The van der Waals surface area contributed by atoms with Crippen LogP contribution in [0.2, 0.25) is 0 Å². The molecular formula is C18H25NO3S. The lowest BCUT2D eigenvalue weighted by Crippen LogP contribution is -2.42. The molecule has 5 heteroatoms. The van der Waals surface area contributed by atoms with Gasteiger partial charge in [0.25, 0.3) is 5.91 Å². The number of nitrogens with one attached hydrogen (secondary N) is 1. The average molecular weight is 335 g/mol. The molecule has 0 spiro atoms. The molecule has 3 rings (SSSR count). The molecule has 2 atom stereocenters. The van der Waals surface area contributed by atoms with Gasteiger partial charge in [0.1, 0.15) is 4.88 Å². The lowest BCUT2D eigenvalue weighted by atomic mass is 9.86. The highest BCUT2D eigenvalue weighted by Crippen LogP contribution is 2.30. The first-order valence-corrected chi connectivity index (χ1v) is 9.53. The second kappa shape index (κ2) is 7.47. The summed E-state index contributed by atoms with van der Waals surface area (Å²) >= 11 is 1.52. The number of esters is 1. The highest BCUT2D eigenvalue weighted by molar-refractivity contribution is 7.14. The summed E-state index contributed by atoms with van der Waals surface area (Å²) in [5.41, 5.74) is 1.29. The number of carbonyl (C=O) groups excluding carboxylic acids is 2. The molecule has 1 heterocycles. The third-order valence-corrected chi connectivity index (χ3v) is 6.21. The van der Waals surface area contributed by atoms with Crippen molar-refractivity contribution in [3.8, 4) is 0 Å². The van der Waals surface area contributed by atoms with Gasteiger partial charge in [0, 0.05) is 10.9 Å². The Bertz CT molecular complexity index is 557. The molecule has 0 bridgehead atoms. The third kappa shape index (κ3) is 4.14. The molecule has 0 aromatic carbocycles. The van der Waals surface area contributed by atoms with E-state index in [4.69, 9.17) is 4.74 Å². The van der Waals surface area contributed by atoms with E-state index < -0.39 is 0 Å². The molecule has 126 valence electrons. The first kappa shape index (κ1) is 16.5. The third-order valence-electron chi connectivity index (χ3n) is 4.99. The zero-order valence-electron chi connectivity index (χ0n) is 13.7. The van der Waals surface area contributed by atoms with Gasteiger partial charge in [0.2, 0.25) is 0 Å². The molecule has 4 nitrogen and oxygen atoms in total. The van der Waals surface area contributed by atoms with Crippen molar-refractivity contribution in [1.82, 2.24) is 5.32 Å². The van der Waals surface area contributed by atoms with Crippen molar-refractivity contribution in [2.45, 2.75) is 64.3 Å². The van der Waals surface area contributed by atoms with E-state index in [0.717, 1.165) is 32.1 Å². The second-order valence-electron chi connectivity index (χ2n) is 6.78. The van der Waals surface area contributed by atoms with Crippen molar-refractivity contribution in [3.63, 3.8) is 0 Å². The highest BCUT2D eigenvalue weighted by Gasteiger charge is 2.24. The predicted octanol–water partition coefficient (Wildman–Crippen LogP) is 3.48. The minimum atomic E-state index is -0.365. The number of thiophene rings is 1. The maximum atomic E-state index is 12.1. The van der Waals surface area contributed by atoms with Crippen LogP contribution in [0.25, 0.3) is 0 Å². The number of aryl methyl sites for hydroxylation is 2. The number of fused-ring (bicyclic) bond motifs is 1. The van der Waals surface area contributed by atoms with E-state index in [-0.39, 0.29) is 24.5 Å². The molecule has 0 radical (unpaired) electrons. The first-order chi connectivity index (χ1) is 11.1. The Labute approximate surface area is 141 Å². The lowest BCUT2D eigenvalue weighted by Gasteiger charge is -2.29. The van der Waals surface area contributed by atoms with E-state index in [2.05, 4.69) is 12.2 Å². The molecule has 23 heavy (non-hydrogen) atoms. The zero-order valence-corrected chi connectivity index (χ0v) is 14.5. The van der Waals surface area contributed by atoms with Crippen molar-refractivity contribution >= 4 is 23.2 Å². The van der Waals surface area contributed by atoms with Gasteiger partial charge >= 0.3 is 5.97 Å². The van der Waals surface area contributed by atoms with Gasteiger partial charge < -0.3 is 10.1 Å². The van der Waals surface area contributed by atoms with Crippen molar-refractivity contribution in [1.29, 1.82) is 0 Å². The maximum Gasteiger partial charge on any atom is 0.348 e. The summed E-state index contributed by atoms with van der Waals surface area (Å²) in [7, 11) is 0. The molecule has 1 aromatic rings. The van der Waals surface area contributed by atoms with Crippen LogP contribution in [-0.2, 0) is 22.4 Å². The fraction of sp³-hybridized carbons (Fsp3) is 0.667. The quantitative estimate of drug-likeness (QED) is 0.857. The van der Waals surface area contributed by atoms with E-state index >= 15 is 0 Å². The molecule has 1 amide bonds. The van der Waals surface area contributed by atoms with Gasteiger partial charge in [-0.25, -0.2) is 4.79 Å². The lowest BCUT2D eigenvalue weighted by molar-refractivity contribution is -0.125. The SMILES string of the molecule is C[C@@H]1CCCC[C@@H]1NC(=O)COC(=O)c1cc2c(s1)CCCC2. The van der Waals surface area contributed by atoms with Gasteiger partial charge in [-0.05, 0) is 56.1 Å². The van der Waals surface area contributed by atoms with Crippen molar-refractivity contribution in [3.05, 3.63) is 21.4 Å². The topological polar surface area (TPSA) is 55.4 Å². The summed E-state index contributed by atoms with van der Waals surface area (Å²) in [6.45, 7) is 2.00. The molecule has 0 aliphatic heterocycles. The van der Waals surface area contributed by atoms with Crippen molar-refractivity contribution in [2.24, 2.45) is 5.92 Å². The highest BCUT2D eigenvalue weighted by atomic mass is 32.1. The van der Waals surface area contributed by atoms with Gasteiger partial charge in [0.05, 0.1) is 0 Å². The van der Waals surface area contributed by atoms with Crippen LogP contribution in [0.15, 0.2) is 6.07 Å². The summed E-state index contributed by atoms with van der Waals surface area (Å²) in [6, 6.07) is 2.17. The minimum absolute atomic E-state index is 0.176. The molecule has 0 saturated heterocycles. The van der Waals surface area contributed by atoms with Crippen LogP contribution in [-0.4, -0.2) is 24.5 Å². The van der Waals surface area contributed by atoms with Crippen LogP contribution in [0.4, 0.5) is 0 Å². The monoisotopic (exact) mass is 335 g/mol. The van der Waals surface area contributed by atoms with Crippen LogP contribution < -0.4 is 5.32 Å². The Balaban J connectivity index is 1.48. The summed E-state index contributed by atoms with van der Waals surface area (Å²) < 4.78 is 5.20. The summed E-state index contributed by atoms with van der Waals surface area (Å²) in [4.78, 5) is 26.1. The normalized spacial score (nSPS) is 23.9. The second-order valence-corrected chi connectivity index (χ2v) is 7.91. The summed E-state index contributed by atoms with van der Waals surface area (Å²) in [5, 5.41) is 3.01. The Morgan fingerprint density at radius 1 is 1.22 bits per heavy atom. The summed E-state index contributed by atoms with van der Waals surface area (Å²) in [6.07, 6.45) is 9.10. The van der Waals surface area contributed by atoms with E-state index in [9.17, 15) is 9.59 Å². The van der Waals surface area contributed by atoms with E-state index in [1.165, 1.54) is 41.0 Å². The fourth-order valence-corrected chi connectivity index (χ4v) is 4.72. The number of hydrogen-bond acceptors (Lipinski definition) is 4. The van der Waals surface area contributed by atoms with E-state index in [0.29, 0.717) is 10.8 Å². The molecule has 2 aliphatic carbocycles. The van der Waals surface area contributed by atoms with Crippen LogP contribution >= 0.6 is 11.3 Å². The average Bonchev–Trinajstić information content (AvgIpc) is 2.99. The Kier molecular flexibility index (Phi) is 5.36. The summed E-state index contributed by atoms with van der Waals surface area (Å²) in [5.74, 6) is -0.0397. The maximum absolute atomic E-state index is 12.1. The van der Waals surface area contributed by atoms with Crippen LogP contribution in [0.3, 0.4) is 0 Å². The minimum Gasteiger partial charge on any atom is -0.451 e. The van der Waals surface area contributed by atoms with Crippen LogP contribution in [0.5, 0.6) is 0 Å². The Hall–Kier alpha value is -1.36. The zero-order chi connectivity index (χ0) is 16.2. The molecule has 2 aliphatic rings. The van der Waals surface area contributed by atoms with Crippen molar-refractivity contribution < 1.29 is 14.3 Å². The van der Waals surface area contributed by atoms with Gasteiger partial charge in [-0.2, -0.15) is 0 Å². The van der Waals surface area contributed by atoms with Gasteiger partial charge in [0.15, 0.2) is 6.61 Å². The molecule has 1 saturated carbocycles. The number of ether oxygens (including phenoxy) is 1. The number of amides is 1. The smallest absolute Gasteiger partial charge is 0.348 e. The molecule has 1 aromatic heterocycles. The standard InChI is InChI=1S/C18H25NO3S/c1-12-6-2-4-8-14(12)19-17(20)11-22-18(21)16-10-13-7-3-5-9-15(13)23-16/h10,12,14H,2-9,11H2,1H3,(H,19,20)/t12-,14+/m1/s1. The van der Waals surface area contributed by atoms with E-state index in [1.807, 2.05) is 6.07 Å². The largest absolute Gasteiger partial charge is 0.451 e. The van der Waals surface area contributed by atoms with Crippen LogP contribution in [0.1, 0.15) is 65.6 Å². The van der Waals surface area contributed by atoms with Gasteiger partial charge in [-0.1, -0.05) is 19.8 Å². The first-order valence-electron chi connectivity index (χ1n) is 8.71. The van der Waals surface area contributed by atoms with Gasteiger partial charge in [-0.15, -0.1) is 11.3 Å². The molecule has 0 unspecified atom stereocenters. The Morgan fingerprint density at radius 3 is 2.78 bits per heavy atom. The fourth-order valence-electron chi connectivity index (χ4n) is 3.57. The number of hydrogen-bond donors (Lipinski definition) is 1. The molecule has 1 fully saturated rings. The van der Waals surface area contributed by atoms with Crippen LogP contribution in [0, 0.1) is 5.92 Å². The number of carbonyl (C=O) groups is 2. The number of rotatable bonds is 4.